The van der Waals surface area contributed by atoms with E-state index in [0.717, 1.165) is 10.1 Å². The number of benzene rings is 3. The number of fused-ring (bicyclic) bond motifs is 3. The molecule has 0 fully saturated rings. The molecule has 0 saturated heterocycles. The van der Waals surface area contributed by atoms with Crippen molar-refractivity contribution in [3.05, 3.63) is 94.4 Å². The summed E-state index contributed by atoms with van der Waals surface area (Å²) in [6.07, 6.45) is 0. The number of hydrogen-bond acceptors (Lipinski definition) is 5. The summed E-state index contributed by atoms with van der Waals surface area (Å²) in [6.45, 7) is 0. The molecule has 3 aromatic carbocycles. The Morgan fingerprint density at radius 1 is 1.00 bits per heavy atom. The van der Waals surface area contributed by atoms with E-state index in [1.54, 1.807) is 31.4 Å². The van der Waals surface area contributed by atoms with Crippen molar-refractivity contribution in [2.24, 2.45) is 0 Å². The van der Waals surface area contributed by atoms with E-state index in [1.165, 1.54) is 35.6 Å². The van der Waals surface area contributed by atoms with Crippen molar-refractivity contribution < 1.29 is 18.3 Å². The lowest BCUT2D eigenvalue weighted by Crippen LogP contribution is -2.16. The molecule has 0 unspecified atom stereocenters. The van der Waals surface area contributed by atoms with Crippen LogP contribution in [0.5, 0.6) is 5.75 Å². The van der Waals surface area contributed by atoms with E-state index >= 15 is 0 Å². The van der Waals surface area contributed by atoms with Crippen LogP contribution in [0.25, 0.3) is 31.5 Å². The van der Waals surface area contributed by atoms with Crippen LogP contribution in [0.3, 0.4) is 0 Å². The number of anilines is 1. The van der Waals surface area contributed by atoms with Gasteiger partial charge in [0, 0.05) is 15.6 Å². The van der Waals surface area contributed by atoms with Gasteiger partial charge >= 0.3 is 0 Å². The smallest absolute Gasteiger partial charge is 0.257 e. The fourth-order valence-electron chi connectivity index (χ4n) is 3.53. The maximum atomic E-state index is 13.6. The van der Waals surface area contributed by atoms with Gasteiger partial charge in [0.15, 0.2) is 5.58 Å². The maximum absolute atomic E-state index is 13.6. The van der Waals surface area contributed by atoms with E-state index in [4.69, 9.17) is 9.15 Å². The van der Waals surface area contributed by atoms with Gasteiger partial charge in [0.1, 0.15) is 16.3 Å². The summed E-state index contributed by atoms with van der Waals surface area (Å²) < 4.78 is 26.0. The van der Waals surface area contributed by atoms with Crippen molar-refractivity contribution in [3.63, 3.8) is 0 Å². The highest BCUT2D eigenvalue weighted by Crippen LogP contribution is 2.37. The second kappa shape index (κ2) is 7.94. The van der Waals surface area contributed by atoms with Crippen LogP contribution < -0.4 is 15.5 Å². The summed E-state index contributed by atoms with van der Waals surface area (Å²) in [5.41, 5.74) is 1.23. The first-order valence-corrected chi connectivity index (χ1v) is 10.6. The summed E-state index contributed by atoms with van der Waals surface area (Å²) in [7, 11) is 1.56. The topological polar surface area (TPSA) is 68.5 Å². The molecule has 1 amide bonds. The standard InChI is InChI=1S/C25H16FNO4S/c1-30-17-12-8-14(9-13-17)20-21(28)23-22(18-4-2-3-5-19(18)32-23)31-25(20)27-24(29)15-6-10-16(26)11-7-15/h2-13H,1H3,(H,27,29). The molecular weight excluding hydrogens is 429 g/mol. The molecule has 0 saturated carbocycles. The molecular formula is C25H16FNO4S. The van der Waals surface area contributed by atoms with Crippen molar-refractivity contribution in [1.82, 2.24) is 0 Å². The predicted molar refractivity (Wildman–Crippen MR) is 124 cm³/mol. The molecule has 2 aromatic heterocycles. The summed E-state index contributed by atoms with van der Waals surface area (Å²) in [5.74, 6) is -0.288. The van der Waals surface area contributed by atoms with E-state index < -0.39 is 11.7 Å². The number of nitrogens with one attached hydrogen (secondary N) is 1. The molecule has 5 rings (SSSR count). The maximum Gasteiger partial charge on any atom is 0.257 e. The van der Waals surface area contributed by atoms with Crippen molar-refractivity contribution in [3.8, 4) is 16.9 Å². The molecule has 7 heteroatoms. The highest BCUT2D eigenvalue weighted by Gasteiger charge is 2.22. The van der Waals surface area contributed by atoms with Crippen LogP contribution in [-0.2, 0) is 0 Å². The van der Waals surface area contributed by atoms with Crippen LogP contribution in [0.1, 0.15) is 10.4 Å². The molecule has 0 spiro atoms. The van der Waals surface area contributed by atoms with E-state index in [-0.39, 0.29) is 22.4 Å². The Bertz CT molecular complexity index is 1520. The Morgan fingerprint density at radius 3 is 2.44 bits per heavy atom. The average Bonchev–Trinajstić information content (AvgIpc) is 3.19. The molecule has 5 aromatic rings. The lowest BCUT2D eigenvalue weighted by Gasteiger charge is -2.11. The first kappa shape index (κ1) is 20.0. The molecule has 0 aliphatic carbocycles. The number of ether oxygens (including phenoxy) is 1. The van der Waals surface area contributed by atoms with Gasteiger partial charge in [0.2, 0.25) is 11.3 Å². The van der Waals surface area contributed by atoms with Gasteiger partial charge in [-0.15, -0.1) is 11.3 Å². The number of rotatable bonds is 4. The molecule has 0 radical (unpaired) electrons. The van der Waals surface area contributed by atoms with Gasteiger partial charge < -0.3 is 9.15 Å². The molecule has 32 heavy (non-hydrogen) atoms. The minimum Gasteiger partial charge on any atom is -0.497 e. The third kappa shape index (κ3) is 3.42. The minimum absolute atomic E-state index is 0.0329. The van der Waals surface area contributed by atoms with Gasteiger partial charge in [-0.1, -0.05) is 24.3 Å². The minimum atomic E-state index is -0.512. The SMILES string of the molecule is COc1ccc(-c2c(NC(=O)c3ccc(F)cc3)oc3c(sc4ccccc43)c2=O)cc1. The zero-order valence-corrected chi connectivity index (χ0v) is 17.7. The zero-order valence-electron chi connectivity index (χ0n) is 16.8. The van der Waals surface area contributed by atoms with Crippen LogP contribution in [0.15, 0.2) is 82.0 Å². The van der Waals surface area contributed by atoms with Crippen LogP contribution in [-0.4, -0.2) is 13.0 Å². The predicted octanol–water partition coefficient (Wildman–Crippen LogP) is 6.07. The molecule has 158 valence electrons. The quantitative estimate of drug-likeness (QED) is 0.364. The Balaban J connectivity index is 1.72. The summed E-state index contributed by atoms with van der Waals surface area (Å²) >= 11 is 1.35. The van der Waals surface area contributed by atoms with Gasteiger partial charge in [-0.3, -0.25) is 14.9 Å². The third-order valence-electron chi connectivity index (χ3n) is 5.13. The van der Waals surface area contributed by atoms with Crippen LogP contribution >= 0.6 is 11.3 Å². The van der Waals surface area contributed by atoms with E-state index in [0.29, 0.717) is 21.6 Å². The molecule has 1 N–H and O–H groups in total. The summed E-state index contributed by atoms with van der Waals surface area (Å²) in [5, 5.41) is 3.50. The summed E-state index contributed by atoms with van der Waals surface area (Å²) in [4.78, 5) is 26.4. The van der Waals surface area contributed by atoms with Crippen molar-refractivity contribution in [2.75, 3.05) is 12.4 Å². The largest absolute Gasteiger partial charge is 0.497 e. The fraction of sp³-hybridized carbons (Fsp3) is 0.0400. The van der Waals surface area contributed by atoms with E-state index in [9.17, 15) is 14.0 Å². The van der Waals surface area contributed by atoms with E-state index in [2.05, 4.69) is 5.32 Å². The number of hydrogen-bond donors (Lipinski definition) is 1. The lowest BCUT2D eigenvalue weighted by molar-refractivity contribution is 0.102. The van der Waals surface area contributed by atoms with Gasteiger partial charge in [-0.25, -0.2) is 4.39 Å². The molecule has 2 heterocycles. The zero-order chi connectivity index (χ0) is 22.2. The molecule has 0 aliphatic rings. The van der Waals surface area contributed by atoms with Crippen LogP contribution in [0.2, 0.25) is 0 Å². The monoisotopic (exact) mass is 445 g/mol. The number of thiophene rings is 1. The van der Waals surface area contributed by atoms with Gasteiger partial charge in [-0.05, 0) is 54.1 Å². The normalized spacial score (nSPS) is 11.1. The molecule has 0 atom stereocenters. The number of carbonyl (C=O) groups is 1. The van der Waals surface area contributed by atoms with Gasteiger partial charge in [0.25, 0.3) is 5.91 Å². The Morgan fingerprint density at radius 2 is 1.72 bits per heavy atom. The van der Waals surface area contributed by atoms with E-state index in [1.807, 2.05) is 24.3 Å². The molecule has 0 bridgehead atoms. The second-order valence-electron chi connectivity index (χ2n) is 7.08. The van der Waals surface area contributed by atoms with Crippen molar-refractivity contribution >= 4 is 43.5 Å². The first-order valence-electron chi connectivity index (χ1n) is 9.75. The second-order valence-corrected chi connectivity index (χ2v) is 8.13. The van der Waals surface area contributed by atoms with Crippen molar-refractivity contribution in [2.45, 2.75) is 0 Å². The Kier molecular flexibility index (Phi) is 4.95. The fourth-order valence-corrected chi connectivity index (χ4v) is 4.60. The highest BCUT2D eigenvalue weighted by atomic mass is 32.1. The third-order valence-corrected chi connectivity index (χ3v) is 6.28. The first-order chi connectivity index (χ1) is 15.5. The molecule has 5 nitrogen and oxygen atoms in total. The van der Waals surface area contributed by atoms with Crippen LogP contribution in [0.4, 0.5) is 10.3 Å². The van der Waals surface area contributed by atoms with Gasteiger partial charge in [-0.2, -0.15) is 0 Å². The number of halogens is 1. The highest BCUT2D eigenvalue weighted by molar-refractivity contribution is 7.25. The number of methoxy groups -OCH3 is 1. The molecule has 0 aliphatic heterocycles. The Labute approximate surface area is 185 Å². The lowest BCUT2D eigenvalue weighted by atomic mass is 10.1. The number of amides is 1. The average molecular weight is 445 g/mol. The van der Waals surface area contributed by atoms with Crippen LogP contribution in [0, 0.1) is 5.82 Å². The number of carbonyl (C=O) groups excluding carboxylic acids is 1. The van der Waals surface area contributed by atoms with Gasteiger partial charge in [0.05, 0.1) is 12.7 Å². The van der Waals surface area contributed by atoms with Crippen molar-refractivity contribution in [1.29, 1.82) is 0 Å². The Hall–Kier alpha value is -3.97. The summed E-state index contributed by atoms with van der Waals surface area (Å²) in [6, 6.07) is 19.6.